The van der Waals surface area contributed by atoms with Gasteiger partial charge in [-0.3, -0.25) is 5.10 Å². The topological polar surface area (TPSA) is 53.8 Å². The number of rotatable bonds is 2. The number of aromatic amines is 1. The van der Waals surface area contributed by atoms with E-state index in [1.54, 1.807) is 0 Å². The predicted molar refractivity (Wildman–Crippen MR) is 76.7 cm³/mol. The Morgan fingerprint density at radius 1 is 1.05 bits per heavy atom. The van der Waals surface area contributed by atoms with E-state index in [-0.39, 0.29) is 12.0 Å². The Kier molecular flexibility index (Phi) is 4.03. The zero-order chi connectivity index (χ0) is 13.2. The minimum Gasteiger partial charge on any atom is -0.392 e. The molecule has 3 rings (SSSR count). The van der Waals surface area contributed by atoms with Crippen LogP contribution in [-0.2, 0) is 0 Å². The third-order valence-electron chi connectivity index (χ3n) is 4.73. The maximum Gasteiger partial charge on any atom is 0.195 e. The first-order chi connectivity index (χ1) is 9.27. The minimum absolute atomic E-state index is 0.170. The highest BCUT2D eigenvalue weighted by atomic mass is 32.1. The molecule has 0 unspecified atom stereocenters. The lowest BCUT2D eigenvalue weighted by Gasteiger charge is -2.30. The molecule has 2 atom stereocenters. The van der Waals surface area contributed by atoms with E-state index in [4.69, 9.17) is 12.2 Å². The minimum atomic E-state index is -0.249. The van der Waals surface area contributed by atoms with E-state index in [0.717, 1.165) is 29.9 Å². The lowest BCUT2D eigenvalue weighted by atomic mass is 9.85. The van der Waals surface area contributed by atoms with Crippen LogP contribution in [0.5, 0.6) is 0 Å². The summed E-state index contributed by atoms with van der Waals surface area (Å²) in [4.78, 5) is 0. The second-order valence-corrected chi connectivity index (χ2v) is 6.39. The van der Waals surface area contributed by atoms with Gasteiger partial charge < -0.3 is 9.67 Å². The second-order valence-electron chi connectivity index (χ2n) is 6.01. The van der Waals surface area contributed by atoms with Gasteiger partial charge in [0.15, 0.2) is 4.77 Å². The van der Waals surface area contributed by atoms with E-state index in [2.05, 4.69) is 14.8 Å². The van der Waals surface area contributed by atoms with Crippen LogP contribution in [-0.4, -0.2) is 26.0 Å². The zero-order valence-corrected chi connectivity index (χ0v) is 12.2. The van der Waals surface area contributed by atoms with Gasteiger partial charge >= 0.3 is 0 Å². The van der Waals surface area contributed by atoms with Crippen LogP contribution in [0, 0.1) is 4.77 Å². The number of hydrogen-bond donors (Lipinski definition) is 2. The first-order valence-electron chi connectivity index (χ1n) is 7.62. The summed E-state index contributed by atoms with van der Waals surface area (Å²) in [5.41, 5.74) is 0. The normalized spacial score (nSPS) is 29.5. The first kappa shape index (κ1) is 13.3. The summed E-state index contributed by atoms with van der Waals surface area (Å²) in [6.07, 6.45) is 10.3. The van der Waals surface area contributed by atoms with Crippen molar-refractivity contribution in [1.82, 2.24) is 14.8 Å². The van der Waals surface area contributed by atoms with Crippen LogP contribution in [0.2, 0.25) is 0 Å². The molecule has 2 saturated carbocycles. The number of aliphatic hydroxyl groups is 1. The molecule has 1 aromatic rings. The van der Waals surface area contributed by atoms with Gasteiger partial charge in [-0.25, -0.2) is 0 Å². The highest BCUT2D eigenvalue weighted by Crippen LogP contribution is 2.36. The Morgan fingerprint density at radius 3 is 2.47 bits per heavy atom. The molecule has 0 amide bonds. The van der Waals surface area contributed by atoms with Crippen molar-refractivity contribution in [3.05, 3.63) is 10.6 Å². The summed E-state index contributed by atoms with van der Waals surface area (Å²) in [5.74, 6) is 1.17. The van der Waals surface area contributed by atoms with Gasteiger partial charge in [0, 0.05) is 12.0 Å². The summed E-state index contributed by atoms with van der Waals surface area (Å²) in [5, 5.41) is 17.7. The summed E-state index contributed by atoms with van der Waals surface area (Å²) >= 11 is 5.42. The average Bonchev–Trinajstić information content (AvgIpc) is 2.82. The van der Waals surface area contributed by atoms with Crippen LogP contribution in [0.25, 0.3) is 0 Å². The molecule has 0 aliphatic heterocycles. The Morgan fingerprint density at radius 2 is 1.74 bits per heavy atom. The molecule has 2 aliphatic carbocycles. The zero-order valence-electron chi connectivity index (χ0n) is 11.3. The molecular weight excluding hydrogens is 258 g/mol. The Balaban J connectivity index is 1.90. The average molecular weight is 281 g/mol. The molecule has 2 N–H and O–H groups in total. The molecule has 1 aromatic heterocycles. The van der Waals surface area contributed by atoms with E-state index < -0.39 is 0 Å². The highest BCUT2D eigenvalue weighted by Gasteiger charge is 2.31. The standard InChI is InChI=1S/C14H23N3OS/c18-12-9-5-4-8-11(12)13-15-16-14(19)17(13)10-6-2-1-3-7-10/h10-12,18H,1-9H2,(H,16,19)/t11-,12+/m0/s1. The fraction of sp³-hybridized carbons (Fsp3) is 0.857. The van der Waals surface area contributed by atoms with Gasteiger partial charge in [0.05, 0.1) is 6.10 Å². The van der Waals surface area contributed by atoms with Crippen molar-refractivity contribution in [2.75, 3.05) is 0 Å². The van der Waals surface area contributed by atoms with Crippen molar-refractivity contribution in [2.24, 2.45) is 0 Å². The lowest BCUT2D eigenvalue weighted by Crippen LogP contribution is -2.27. The molecule has 0 spiro atoms. The number of H-pyrrole nitrogens is 1. The fourth-order valence-corrected chi connectivity index (χ4v) is 3.97. The van der Waals surface area contributed by atoms with Gasteiger partial charge in [-0.05, 0) is 37.9 Å². The van der Waals surface area contributed by atoms with E-state index >= 15 is 0 Å². The van der Waals surface area contributed by atoms with Crippen molar-refractivity contribution in [3.63, 3.8) is 0 Å². The van der Waals surface area contributed by atoms with Crippen molar-refractivity contribution < 1.29 is 5.11 Å². The molecule has 0 aromatic carbocycles. The van der Waals surface area contributed by atoms with Crippen LogP contribution < -0.4 is 0 Å². The number of nitrogens with zero attached hydrogens (tertiary/aromatic N) is 2. The van der Waals surface area contributed by atoms with Gasteiger partial charge in [-0.1, -0.05) is 32.1 Å². The highest BCUT2D eigenvalue weighted by molar-refractivity contribution is 7.71. The van der Waals surface area contributed by atoms with Gasteiger partial charge in [0.1, 0.15) is 5.82 Å². The van der Waals surface area contributed by atoms with Gasteiger partial charge in [-0.2, -0.15) is 5.10 Å². The van der Waals surface area contributed by atoms with Crippen LogP contribution in [0.4, 0.5) is 0 Å². The van der Waals surface area contributed by atoms with E-state index in [1.165, 1.54) is 38.5 Å². The van der Waals surface area contributed by atoms with Crippen LogP contribution in [0.15, 0.2) is 0 Å². The van der Waals surface area contributed by atoms with Crippen LogP contribution in [0.1, 0.15) is 75.6 Å². The SMILES string of the molecule is O[C@@H]1CCCC[C@@H]1c1n[nH]c(=S)n1C1CCCCC1. The van der Waals surface area contributed by atoms with Gasteiger partial charge in [-0.15, -0.1) is 0 Å². The smallest absolute Gasteiger partial charge is 0.195 e. The molecule has 2 fully saturated rings. The molecule has 0 radical (unpaired) electrons. The predicted octanol–water partition coefficient (Wildman–Crippen LogP) is 3.46. The molecule has 1 heterocycles. The Labute approximate surface area is 119 Å². The fourth-order valence-electron chi connectivity index (χ4n) is 3.68. The van der Waals surface area contributed by atoms with Crippen molar-refractivity contribution >= 4 is 12.2 Å². The summed E-state index contributed by atoms with van der Waals surface area (Å²) < 4.78 is 2.95. The van der Waals surface area contributed by atoms with Crippen LogP contribution >= 0.6 is 12.2 Å². The maximum absolute atomic E-state index is 10.3. The number of aromatic nitrogens is 3. The number of aliphatic hydroxyl groups excluding tert-OH is 1. The maximum atomic E-state index is 10.3. The first-order valence-corrected chi connectivity index (χ1v) is 8.03. The summed E-state index contributed by atoms with van der Waals surface area (Å²) in [7, 11) is 0. The largest absolute Gasteiger partial charge is 0.392 e. The monoisotopic (exact) mass is 281 g/mol. The third-order valence-corrected chi connectivity index (χ3v) is 5.02. The lowest BCUT2D eigenvalue weighted by molar-refractivity contribution is 0.0992. The number of hydrogen-bond acceptors (Lipinski definition) is 3. The quantitative estimate of drug-likeness (QED) is 0.816. The second kappa shape index (κ2) is 5.75. The molecule has 5 heteroatoms. The molecule has 2 aliphatic rings. The van der Waals surface area contributed by atoms with E-state index in [9.17, 15) is 5.11 Å². The van der Waals surface area contributed by atoms with Crippen molar-refractivity contribution in [3.8, 4) is 0 Å². The van der Waals surface area contributed by atoms with Crippen molar-refractivity contribution in [1.29, 1.82) is 0 Å². The van der Waals surface area contributed by atoms with Crippen molar-refractivity contribution in [2.45, 2.75) is 75.9 Å². The van der Waals surface area contributed by atoms with Gasteiger partial charge in [0.2, 0.25) is 0 Å². The van der Waals surface area contributed by atoms with E-state index in [0.29, 0.717) is 6.04 Å². The molecule has 0 bridgehead atoms. The Hall–Kier alpha value is -0.680. The van der Waals surface area contributed by atoms with E-state index in [1.807, 2.05) is 0 Å². The van der Waals surface area contributed by atoms with Gasteiger partial charge in [0.25, 0.3) is 0 Å². The molecule has 19 heavy (non-hydrogen) atoms. The third kappa shape index (κ3) is 2.63. The van der Waals surface area contributed by atoms with Crippen LogP contribution in [0.3, 0.4) is 0 Å². The molecule has 0 saturated heterocycles. The summed E-state index contributed by atoms with van der Waals surface area (Å²) in [6.45, 7) is 0. The summed E-state index contributed by atoms with van der Waals surface area (Å²) in [6, 6.07) is 0.490. The molecule has 106 valence electrons. The molecule has 4 nitrogen and oxygen atoms in total. The Bertz CT molecular complexity index is 475. The molecular formula is C14H23N3OS. The number of nitrogens with one attached hydrogen (secondary N) is 1.